The van der Waals surface area contributed by atoms with Gasteiger partial charge in [-0.3, -0.25) is 43.2 Å². The molecule has 0 spiro atoms. The Hall–Kier alpha value is -7.99. The number of benzene rings is 3. The standard InChI is InChI=1S/C44H66N8O8.C24H35N3O8/c1-28(10-7-17-45)50-42(58)31(21-32-25-49-36-14-6-5-13-34(32)36)23-41(57)37(15-8-18-46)51-43(59)30(20-29-11-3-2-4-12-29)22-40(56)38(16-9-19-47)52-44(60)33(26-53)24-39(55)35(48)27-54;1-15(30)10-17(11-16-6-3-2-4-7-16)22(32)26-19(8-5-9-25)21(31)12-18(13-28)23(33)27-20(14-29)24(34)35/h2-6,11-14,25,28,30-31,33,35,37-38,49,53-54H,7-10,15-24,26-27,45-48H2,1H3,(H,50,58)(H,51,59)(H,52,60);2-4,6-7,17-20,28-29H,5,8-14,25H2,1H3,(H,26,32)(H,27,33)(H,34,35)/t28-,30-,31-,33+,35+,37+,38+;17-,18-,19-,20-/m10/s1. The van der Waals surface area contributed by atoms with Gasteiger partial charge in [0.05, 0.1) is 62.4 Å². The molecule has 0 fully saturated rings. The van der Waals surface area contributed by atoms with E-state index >= 15 is 0 Å². The lowest BCUT2D eigenvalue weighted by molar-refractivity contribution is -0.144. The molecule has 4 rings (SSSR count). The first-order valence-corrected chi connectivity index (χ1v) is 32.4. The zero-order valence-corrected chi connectivity index (χ0v) is 54.6. The summed E-state index contributed by atoms with van der Waals surface area (Å²) in [6, 6.07) is 19.8. The van der Waals surface area contributed by atoms with Crippen LogP contribution in [0.4, 0.5) is 0 Å². The molecular weight excluding hydrogens is 1230 g/mol. The number of aliphatic hydroxyl groups is 4. The highest BCUT2D eigenvalue weighted by molar-refractivity contribution is 5.98. The zero-order chi connectivity index (χ0) is 70.4. The minimum Gasteiger partial charge on any atom is -0.480 e. The number of carboxylic acid groups (broad SMARTS) is 1. The van der Waals surface area contributed by atoms with E-state index in [4.69, 9.17) is 38.9 Å². The molecule has 27 heteroatoms. The van der Waals surface area contributed by atoms with Gasteiger partial charge in [-0.25, -0.2) is 4.79 Å². The van der Waals surface area contributed by atoms with Gasteiger partial charge in [-0.05, 0) is 133 Å². The summed E-state index contributed by atoms with van der Waals surface area (Å²) in [5.41, 5.74) is 31.9. The third-order valence-corrected chi connectivity index (χ3v) is 16.3. The van der Waals surface area contributed by atoms with Crippen molar-refractivity contribution in [1.82, 2.24) is 31.6 Å². The number of rotatable bonds is 47. The SMILES string of the molecule is CC(=O)C[C@@H](Cc1ccccc1)C(=O)N[C@@H](CCCN)C(=O)C[C@@H](CO)C(=O)N[C@@H](CO)C(=O)O.C[C@H](CCCN)NC(=O)[C@@H](CC(=O)[C@H](CCCN)NC(=O)[C@@H](CC(=O)[C@H](CCCN)NC(=O)[C@H](CO)CC(=O)[C@@H](N)CO)Cc1ccccc1)Cc1c[nH]c2ccccc12. The molecular formula is C68H101N11O16. The number of aromatic amines is 1. The molecule has 5 amide bonds. The third kappa shape index (κ3) is 29.3. The second-order valence-electron chi connectivity index (χ2n) is 24.1. The van der Waals surface area contributed by atoms with Crippen molar-refractivity contribution in [3.8, 4) is 0 Å². The Labute approximate surface area is 554 Å². The molecule has 1 heterocycles. The van der Waals surface area contributed by atoms with Crippen molar-refractivity contribution in [2.24, 2.45) is 58.3 Å². The average molecular weight is 1330 g/mol. The molecule has 21 N–H and O–H groups in total. The van der Waals surface area contributed by atoms with Crippen LogP contribution in [-0.4, -0.2) is 184 Å². The molecule has 0 unspecified atom stereocenters. The monoisotopic (exact) mass is 1330 g/mol. The minimum atomic E-state index is -1.58. The smallest absolute Gasteiger partial charge is 0.328 e. The van der Waals surface area contributed by atoms with Gasteiger partial charge in [0.15, 0.2) is 23.1 Å². The molecule has 0 saturated carbocycles. The Kier molecular flexibility index (Phi) is 38.2. The normalized spacial score (nSPS) is 14.7. The quantitative estimate of drug-likeness (QED) is 0.0274. The van der Waals surface area contributed by atoms with Crippen LogP contribution in [0.3, 0.4) is 0 Å². The van der Waals surface area contributed by atoms with Crippen LogP contribution in [-0.2, 0) is 72.0 Å². The number of nitrogens with one attached hydrogen (secondary N) is 6. The first-order valence-electron chi connectivity index (χ1n) is 32.4. The van der Waals surface area contributed by atoms with E-state index in [1.165, 1.54) is 6.92 Å². The van der Waals surface area contributed by atoms with Gasteiger partial charge >= 0.3 is 5.97 Å². The molecule has 0 bridgehead atoms. The van der Waals surface area contributed by atoms with Crippen LogP contribution in [0.15, 0.2) is 91.1 Å². The maximum absolute atomic E-state index is 14.3. The summed E-state index contributed by atoms with van der Waals surface area (Å²) in [6.07, 6.45) is 4.17. The Morgan fingerprint density at radius 1 is 0.432 bits per heavy atom. The molecule has 1 aromatic heterocycles. The van der Waals surface area contributed by atoms with Gasteiger partial charge in [-0.2, -0.15) is 0 Å². The van der Waals surface area contributed by atoms with Crippen LogP contribution in [0.2, 0.25) is 0 Å². The highest BCUT2D eigenvalue weighted by Crippen LogP contribution is 2.25. The summed E-state index contributed by atoms with van der Waals surface area (Å²) in [5, 5.41) is 61.1. The van der Waals surface area contributed by atoms with E-state index in [0.717, 1.165) is 34.0 Å². The van der Waals surface area contributed by atoms with Crippen molar-refractivity contribution in [1.29, 1.82) is 0 Å². The summed E-state index contributed by atoms with van der Waals surface area (Å²) >= 11 is 0. The van der Waals surface area contributed by atoms with E-state index < -0.39 is 146 Å². The van der Waals surface area contributed by atoms with Gasteiger partial charge in [0.2, 0.25) is 29.5 Å². The molecule has 27 nitrogen and oxygen atoms in total. The topological polar surface area (TPSA) is 495 Å². The highest BCUT2D eigenvalue weighted by Gasteiger charge is 2.36. The number of aliphatic hydroxyl groups excluding tert-OH is 4. The zero-order valence-electron chi connectivity index (χ0n) is 54.6. The third-order valence-electron chi connectivity index (χ3n) is 16.3. The highest BCUT2D eigenvalue weighted by atomic mass is 16.4. The number of amides is 5. The number of aliphatic carboxylic acids is 1. The number of carboxylic acids is 1. The van der Waals surface area contributed by atoms with E-state index in [2.05, 4.69) is 31.6 Å². The number of ketones is 5. The van der Waals surface area contributed by atoms with Crippen molar-refractivity contribution >= 4 is 75.3 Å². The van der Waals surface area contributed by atoms with Gasteiger partial charge in [-0.15, -0.1) is 0 Å². The summed E-state index contributed by atoms with van der Waals surface area (Å²) in [4.78, 5) is 146. The summed E-state index contributed by atoms with van der Waals surface area (Å²) in [5.74, 6) is -11.6. The van der Waals surface area contributed by atoms with E-state index in [0.29, 0.717) is 38.6 Å². The molecule has 524 valence electrons. The Morgan fingerprint density at radius 2 is 0.800 bits per heavy atom. The summed E-state index contributed by atoms with van der Waals surface area (Å²) < 4.78 is 0. The number of fused-ring (bicyclic) bond motifs is 1. The molecule has 0 radical (unpaired) electrons. The maximum atomic E-state index is 14.3. The molecule has 0 aliphatic rings. The maximum Gasteiger partial charge on any atom is 0.328 e. The van der Waals surface area contributed by atoms with Crippen LogP contribution < -0.4 is 55.3 Å². The lowest BCUT2D eigenvalue weighted by Crippen LogP contribution is -2.49. The van der Waals surface area contributed by atoms with Gasteiger partial charge in [-0.1, -0.05) is 78.9 Å². The lowest BCUT2D eigenvalue weighted by Gasteiger charge is -2.26. The van der Waals surface area contributed by atoms with Crippen molar-refractivity contribution in [2.45, 2.75) is 153 Å². The Morgan fingerprint density at radius 3 is 1.21 bits per heavy atom. The number of nitrogens with two attached hydrogens (primary N) is 5. The van der Waals surface area contributed by atoms with E-state index in [-0.39, 0.29) is 94.5 Å². The van der Waals surface area contributed by atoms with Crippen molar-refractivity contribution in [3.05, 3.63) is 108 Å². The van der Waals surface area contributed by atoms with Gasteiger partial charge in [0.25, 0.3) is 0 Å². The van der Waals surface area contributed by atoms with Gasteiger partial charge < -0.3 is 90.6 Å². The Balaban J connectivity index is 0.000000571. The van der Waals surface area contributed by atoms with E-state index in [9.17, 15) is 68.1 Å². The van der Waals surface area contributed by atoms with Gasteiger partial charge in [0.1, 0.15) is 11.8 Å². The number of aromatic nitrogens is 1. The number of hydrogen-bond acceptors (Lipinski definition) is 20. The predicted octanol–water partition coefficient (Wildman–Crippen LogP) is -0.140. The number of hydrogen-bond donors (Lipinski definition) is 16. The second kappa shape index (κ2) is 44.6. The van der Waals surface area contributed by atoms with Crippen LogP contribution in [0.5, 0.6) is 0 Å². The van der Waals surface area contributed by atoms with Gasteiger partial charge in [0, 0.05) is 73.0 Å². The molecule has 4 aromatic rings. The van der Waals surface area contributed by atoms with Crippen molar-refractivity contribution in [2.75, 3.05) is 52.6 Å². The first-order chi connectivity index (χ1) is 45.5. The fraction of sp³-hybridized carbons (Fsp3) is 0.544. The average Bonchev–Trinajstić information content (AvgIpc) is 1.73. The largest absolute Gasteiger partial charge is 0.480 e. The first kappa shape index (κ1) is 81.2. The van der Waals surface area contributed by atoms with Crippen LogP contribution in [0.1, 0.15) is 114 Å². The molecule has 3 aromatic carbocycles. The lowest BCUT2D eigenvalue weighted by atomic mass is 9.88. The van der Waals surface area contributed by atoms with Crippen LogP contribution in [0.25, 0.3) is 10.9 Å². The fourth-order valence-electron chi connectivity index (χ4n) is 10.7. The van der Waals surface area contributed by atoms with E-state index in [1.807, 2.05) is 85.9 Å². The minimum absolute atomic E-state index is 0.0159. The number of carbonyl (C=O) groups is 11. The van der Waals surface area contributed by atoms with Crippen LogP contribution >= 0.6 is 0 Å². The molecule has 11 atom stereocenters. The summed E-state index contributed by atoms with van der Waals surface area (Å²) in [6.45, 7) is 1.52. The fourth-order valence-corrected chi connectivity index (χ4v) is 10.7. The number of carbonyl (C=O) groups excluding carboxylic acids is 10. The number of para-hydroxylation sites is 1. The molecule has 0 saturated heterocycles. The second-order valence-corrected chi connectivity index (χ2v) is 24.1. The summed E-state index contributed by atoms with van der Waals surface area (Å²) in [7, 11) is 0. The predicted molar refractivity (Wildman–Crippen MR) is 356 cm³/mol. The molecule has 95 heavy (non-hydrogen) atoms. The molecule has 0 aliphatic carbocycles. The van der Waals surface area contributed by atoms with Crippen molar-refractivity contribution < 1.29 is 78.3 Å². The van der Waals surface area contributed by atoms with Crippen molar-refractivity contribution in [3.63, 3.8) is 0 Å². The number of H-pyrrole nitrogens is 1. The van der Waals surface area contributed by atoms with Crippen LogP contribution in [0, 0.1) is 29.6 Å². The Bertz CT molecular complexity index is 3060. The van der Waals surface area contributed by atoms with E-state index in [1.54, 1.807) is 12.1 Å². The molecule has 0 aliphatic heterocycles. The number of Topliss-reactive ketones (excluding diaryl/α,β-unsaturated/α-hetero) is 5.